The molecule has 0 aromatic carbocycles. The van der Waals surface area contributed by atoms with E-state index in [4.69, 9.17) is 4.84 Å². The van der Waals surface area contributed by atoms with Crippen LogP contribution in [0.2, 0.25) is 0 Å². The number of hydrogen-bond donors (Lipinski definition) is 0. The van der Waals surface area contributed by atoms with Crippen LogP contribution in [0.25, 0.3) is 0 Å². The standard InChI is InChI=1S/C5H6N2O2/c8-5-4(3-1-2-3)9-7-6-5/h3-4H,1-2H2. The van der Waals surface area contributed by atoms with Gasteiger partial charge in [-0.1, -0.05) is 5.11 Å². The molecular formula is C5H6N2O2. The molecule has 0 aromatic heterocycles. The van der Waals surface area contributed by atoms with Crippen LogP contribution in [-0.4, -0.2) is 12.0 Å². The molecule has 0 aromatic rings. The zero-order valence-corrected chi connectivity index (χ0v) is 4.78. The molecule has 1 amide bonds. The van der Waals surface area contributed by atoms with E-state index in [1.807, 2.05) is 0 Å². The average Bonchev–Trinajstić information content (AvgIpc) is 2.58. The highest BCUT2D eigenvalue weighted by Gasteiger charge is 2.41. The van der Waals surface area contributed by atoms with Gasteiger partial charge in [-0.15, -0.1) is 0 Å². The van der Waals surface area contributed by atoms with Crippen LogP contribution < -0.4 is 0 Å². The van der Waals surface area contributed by atoms with E-state index in [2.05, 4.69) is 10.4 Å². The van der Waals surface area contributed by atoms with Gasteiger partial charge in [-0.3, -0.25) is 4.79 Å². The summed E-state index contributed by atoms with van der Waals surface area (Å²) in [5, 5.41) is 6.43. The minimum atomic E-state index is -0.329. The first-order chi connectivity index (χ1) is 4.38. The predicted octanol–water partition coefficient (Wildman–Crippen LogP) is 0.689. The number of carbonyl (C=O) groups is 1. The predicted molar refractivity (Wildman–Crippen MR) is 27.5 cm³/mol. The van der Waals surface area contributed by atoms with E-state index in [9.17, 15) is 4.79 Å². The van der Waals surface area contributed by atoms with E-state index in [1.165, 1.54) is 0 Å². The van der Waals surface area contributed by atoms with Crippen molar-refractivity contribution in [2.24, 2.45) is 16.3 Å². The second-order valence-electron chi connectivity index (χ2n) is 2.38. The number of rotatable bonds is 1. The lowest BCUT2D eigenvalue weighted by Gasteiger charge is -1.98. The summed E-state index contributed by atoms with van der Waals surface area (Å²) in [6.07, 6.45) is 1.84. The second kappa shape index (κ2) is 1.52. The quantitative estimate of drug-likeness (QED) is 0.519. The van der Waals surface area contributed by atoms with Crippen LogP contribution in [0.15, 0.2) is 10.4 Å². The van der Waals surface area contributed by atoms with Crippen molar-refractivity contribution >= 4 is 5.91 Å². The fraction of sp³-hybridized carbons (Fsp3) is 0.800. The van der Waals surface area contributed by atoms with Gasteiger partial charge < -0.3 is 4.84 Å². The van der Waals surface area contributed by atoms with Crippen LogP contribution in [0, 0.1) is 5.92 Å². The van der Waals surface area contributed by atoms with Crippen molar-refractivity contribution in [1.82, 2.24) is 0 Å². The molecule has 4 nitrogen and oxygen atoms in total. The SMILES string of the molecule is O=C1N=NOC1C1CC1. The summed E-state index contributed by atoms with van der Waals surface area (Å²) in [4.78, 5) is 15.4. The highest BCUT2D eigenvalue weighted by molar-refractivity contribution is 5.82. The van der Waals surface area contributed by atoms with Crippen molar-refractivity contribution in [3.05, 3.63) is 0 Å². The average molecular weight is 126 g/mol. The third-order valence-electron chi connectivity index (χ3n) is 1.59. The molecule has 1 atom stereocenters. The summed E-state index contributed by atoms with van der Waals surface area (Å²) in [6.45, 7) is 0. The van der Waals surface area contributed by atoms with Crippen LogP contribution >= 0.6 is 0 Å². The Morgan fingerprint density at radius 3 is 2.78 bits per heavy atom. The molecule has 1 unspecified atom stereocenters. The number of carbonyl (C=O) groups excluding carboxylic acids is 1. The van der Waals surface area contributed by atoms with Crippen molar-refractivity contribution in [1.29, 1.82) is 0 Å². The highest BCUT2D eigenvalue weighted by Crippen LogP contribution is 2.36. The van der Waals surface area contributed by atoms with Crippen molar-refractivity contribution in [3.8, 4) is 0 Å². The third kappa shape index (κ3) is 0.704. The maximum atomic E-state index is 10.7. The lowest BCUT2D eigenvalue weighted by atomic mass is 10.2. The van der Waals surface area contributed by atoms with E-state index in [1.54, 1.807) is 0 Å². The lowest BCUT2D eigenvalue weighted by molar-refractivity contribution is -0.124. The molecule has 1 aliphatic carbocycles. The molecule has 1 heterocycles. The van der Waals surface area contributed by atoms with E-state index in [0.717, 1.165) is 12.8 Å². The molecule has 1 saturated carbocycles. The summed E-state index contributed by atoms with van der Waals surface area (Å²) in [7, 11) is 0. The molecule has 1 aliphatic heterocycles. The molecular weight excluding hydrogens is 120 g/mol. The Labute approximate surface area is 51.9 Å². The first kappa shape index (κ1) is 4.90. The van der Waals surface area contributed by atoms with Gasteiger partial charge in [0, 0.05) is 11.2 Å². The molecule has 0 spiro atoms. The van der Waals surface area contributed by atoms with Gasteiger partial charge in [0.1, 0.15) is 0 Å². The Hall–Kier alpha value is -0.930. The van der Waals surface area contributed by atoms with Crippen molar-refractivity contribution in [2.45, 2.75) is 18.9 Å². The van der Waals surface area contributed by atoms with Gasteiger partial charge in [-0.05, 0) is 12.8 Å². The molecule has 2 rings (SSSR count). The zero-order chi connectivity index (χ0) is 6.27. The molecule has 9 heavy (non-hydrogen) atoms. The highest BCUT2D eigenvalue weighted by atomic mass is 16.7. The zero-order valence-electron chi connectivity index (χ0n) is 4.78. The normalized spacial score (nSPS) is 32.9. The van der Waals surface area contributed by atoms with Gasteiger partial charge in [-0.25, -0.2) is 0 Å². The molecule has 0 saturated heterocycles. The van der Waals surface area contributed by atoms with E-state index < -0.39 is 0 Å². The van der Waals surface area contributed by atoms with Gasteiger partial charge in [-0.2, -0.15) is 0 Å². The Balaban J connectivity index is 2.06. The number of nitrogens with zero attached hydrogens (tertiary/aromatic N) is 2. The van der Waals surface area contributed by atoms with Gasteiger partial charge >= 0.3 is 5.91 Å². The van der Waals surface area contributed by atoms with Crippen LogP contribution in [0.3, 0.4) is 0 Å². The fourth-order valence-corrected chi connectivity index (χ4v) is 0.903. The molecule has 4 heteroatoms. The largest absolute Gasteiger partial charge is 0.365 e. The van der Waals surface area contributed by atoms with Crippen molar-refractivity contribution in [2.75, 3.05) is 0 Å². The maximum Gasteiger partial charge on any atom is 0.311 e. The Morgan fingerprint density at radius 2 is 2.33 bits per heavy atom. The first-order valence-corrected chi connectivity index (χ1v) is 2.98. The topological polar surface area (TPSA) is 51.0 Å². The van der Waals surface area contributed by atoms with Crippen LogP contribution in [0.5, 0.6) is 0 Å². The monoisotopic (exact) mass is 126 g/mol. The van der Waals surface area contributed by atoms with Gasteiger partial charge in [0.15, 0.2) is 0 Å². The Morgan fingerprint density at radius 1 is 1.56 bits per heavy atom. The van der Waals surface area contributed by atoms with Crippen LogP contribution in [0.4, 0.5) is 0 Å². The number of hydrogen-bond acceptors (Lipinski definition) is 3. The van der Waals surface area contributed by atoms with Crippen LogP contribution in [-0.2, 0) is 9.63 Å². The van der Waals surface area contributed by atoms with E-state index >= 15 is 0 Å². The minimum Gasteiger partial charge on any atom is -0.365 e. The second-order valence-corrected chi connectivity index (χ2v) is 2.38. The summed E-state index contributed by atoms with van der Waals surface area (Å²) >= 11 is 0. The van der Waals surface area contributed by atoms with Crippen molar-refractivity contribution in [3.63, 3.8) is 0 Å². The van der Waals surface area contributed by atoms with Gasteiger partial charge in [0.2, 0.25) is 6.10 Å². The summed E-state index contributed by atoms with van der Waals surface area (Å²) in [5.74, 6) is 0.199. The molecule has 0 bridgehead atoms. The van der Waals surface area contributed by atoms with Gasteiger partial charge in [0.05, 0.1) is 0 Å². The summed E-state index contributed by atoms with van der Waals surface area (Å²) in [5.41, 5.74) is 0. The summed E-state index contributed by atoms with van der Waals surface area (Å²) < 4.78 is 0. The Bertz CT molecular complexity index is 174. The molecule has 0 N–H and O–H groups in total. The summed E-state index contributed by atoms with van der Waals surface area (Å²) in [6, 6.07) is 0. The van der Waals surface area contributed by atoms with Crippen molar-refractivity contribution < 1.29 is 9.63 Å². The molecule has 1 fully saturated rings. The van der Waals surface area contributed by atoms with E-state index in [-0.39, 0.29) is 12.0 Å². The lowest BCUT2D eigenvalue weighted by Crippen LogP contribution is -2.17. The molecule has 2 aliphatic rings. The number of amides is 1. The molecule has 48 valence electrons. The Kier molecular flexibility index (Phi) is 0.831. The first-order valence-electron chi connectivity index (χ1n) is 2.98. The van der Waals surface area contributed by atoms with Crippen LogP contribution in [0.1, 0.15) is 12.8 Å². The fourth-order valence-electron chi connectivity index (χ4n) is 0.903. The molecule has 0 radical (unpaired) electrons. The smallest absolute Gasteiger partial charge is 0.311 e. The third-order valence-corrected chi connectivity index (χ3v) is 1.59. The van der Waals surface area contributed by atoms with Gasteiger partial charge in [0.25, 0.3) is 0 Å². The maximum absolute atomic E-state index is 10.7. The van der Waals surface area contributed by atoms with E-state index in [0.29, 0.717) is 5.92 Å². The minimum absolute atomic E-state index is 0.211.